The third-order valence-electron chi connectivity index (χ3n) is 3.73. The van der Waals surface area contributed by atoms with Crippen molar-refractivity contribution in [1.82, 2.24) is 10.6 Å². The van der Waals surface area contributed by atoms with E-state index in [0.29, 0.717) is 24.0 Å². The highest BCUT2D eigenvalue weighted by atomic mass is 16.6. The zero-order valence-corrected chi connectivity index (χ0v) is 14.5. The molecule has 1 aromatic rings. The largest absolute Gasteiger partial charge is 0.396 e. The number of nitro benzene ring substituents is 1. The second-order valence-electron chi connectivity index (χ2n) is 5.63. The molecule has 0 amide bonds. The number of para-hydroxylation sites is 1. The van der Waals surface area contributed by atoms with E-state index >= 15 is 0 Å². The maximum absolute atomic E-state index is 11.1. The van der Waals surface area contributed by atoms with Gasteiger partial charge in [-0.3, -0.25) is 10.1 Å². The average molecular weight is 336 g/mol. The van der Waals surface area contributed by atoms with E-state index in [-0.39, 0.29) is 23.8 Å². The number of aliphatic hydroxyl groups excluding tert-OH is 1. The summed E-state index contributed by atoms with van der Waals surface area (Å²) in [6.07, 6.45) is 2.86. The zero-order valence-electron chi connectivity index (χ0n) is 14.5. The summed E-state index contributed by atoms with van der Waals surface area (Å²) in [5.74, 6) is 1.02. The molecular weight excluding hydrogens is 308 g/mol. The third kappa shape index (κ3) is 6.95. The monoisotopic (exact) mass is 336 g/mol. The molecule has 7 nitrogen and oxygen atoms in total. The standard InChI is InChI=1S/C17H28N4O3/c1-3-7-14(10-11-22)12-19-17(18-4-2)20-13-15-8-5-6-9-16(15)21(23)24/h5-6,8-9,14,22H,3-4,7,10-13H2,1-2H3,(H2,18,19,20). The van der Waals surface area contributed by atoms with Crippen LogP contribution in [0.3, 0.4) is 0 Å². The molecule has 24 heavy (non-hydrogen) atoms. The molecular formula is C17H28N4O3. The molecule has 0 aliphatic heterocycles. The van der Waals surface area contributed by atoms with Gasteiger partial charge in [-0.15, -0.1) is 0 Å². The molecule has 0 aliphatic carbocycles. The van der Waals surface area contributed by atoms with Gasteiger partial charge in [0.1, 0.15) is 0 Å². The van der Waals surface area contributed by atoms with Crippen LogP contribution in [0.5, 0.6) is 0 Å². The number of guanidine groups is 1. The van der Waals surface area contributed by atoms with E-state index in [0.717, 1.165) is 25.8 Å². The molecule has 0 saturated heterocycles. The van der Waals surface area contributed by atoms with E-state index in [1.54, 1.807) is 18.2 Å². The summed E-state index contributed by atoms with van der Waals surface area (Å²) in [6, 6.07) is 6.64. The highest BCUT2D eigenvalue weighted by Crippen LogP contribution is 2.18. The molecule has 1 rings (SSSR count). The Morgan fingerprint density at radius 2 is 2.04 bits per heavy atom. The van der Waals surface area contributed by atoms with Gasteiger partial charge in [-0.1, -0.05) is 31.5 Å². The van der Waals surface area contributed by atoms with E-state index in [1.165, 1.54) is 6.07 Å². The molecule has 3 N–H and O–H groups in total. The van der Waals surface area contributed by atoms with Crippen molar-refractivity contribution in [2.24, 2.45) is 10.9 Å². The lowest BCUT2D eigenvalue weighted by molar-refractivity contribution is -0.385. The Balaban J connectivity index is 2.73. The van der Waals surface area contributed by atoms with Crippen LogP contribution in [0.15, 0.2) is 29.3 Å². The van der Waals surface area contributed by atoms with Gasteiger partial charge in [0.05, 0.1) is 17.0 Å². The number of aliphatic imine (C=N–C) groups is 1. The summed E-state index contributed by atoms with van der Waals surface area (Å²) >= 11 is 0. The van der Waals surface area contributed by atoms with Crippen molar-refractivity contribution in [1.29, 1.82) is 0 Å². The van der Waals surface area contributed by atoms with Crippen LogP contribution in [0, 0.1) is 16.0 Å². The molecule has 0 fully saturated rings. The van der Waals surface area contributed by atoms with Gasteiger partial charge in [0.2, 0.25) is 0 Å². The number of nitro groups is 1. The van der Waals surface area contributed by atoms with E-state index < -0.39 is 0 Å². The number of hydrogen-bond donors (Lipinski definition) is 3. The molecule has 0 radical (unpaired) electrons. The number of nitrogens with one attached hydrogen (secondary N) is 2. The number of aliphatic hydroxyl groups is 1. The summed E-state index contributed by atoms with van der Waals surface area (Å²) in [4.78, 5) is 15.1. The maximum Gasteiger partial charge on any atom is 0.274 e. The molecule has 0 heterocycles. The minimum atomic E-state index is -0.385. The van der Waals surface area contributed by atoms with Crippen LogP contribution in [0.2, 0.25) is 0 Å². The van der Waals surface area contributed by atoms with Crippen molar-refractivity contribution in [3.05, 3.63) is 39.9 Å². The fourth-order valence-corrected chi connectivity index (χ4v) is 2.51. The van der Waals surface area contributed by atoms with Crippen LogP contribution >= 0.6 is 0 Å². The van der Waals surface area contributed by atoms with Gasteiger partial charge in [-0.25, -0.2) is 4.99 Å². The Labute approximate surface area is 143 Å². The van der Waals surface area contributed by atoms with Crippen molar-refractivity contribution < 1.29 is 10.0 Å². The second kappa shape index (κ2) is 11.4. The molecule has 0 aromatic heterocycles. The van der Waals surface area contributed by atoms with Crippen molar-refractivity contribution in [3.8, 4) is 0 Å². The molecule has 134 valence electrons. The van der Waals surface area contributed by atoms with Crippen molar-refractivity contribution in [3.63, 3.8) is 0 Å². The number of rotatable bonds is 10. The Morgan fingerprint density at radius 1 is 1.29 bits per heavy atom. The summed E-state index contributed by atoms with van der Waals surface area (Å²) in [6.45, 7) is 5.94. The Hall–Kier alpha value is -2.15. The molecule has 0 aliphatic rings. The molecule has 0 bridgehead atoms. The van der Waals surface area contributed by atoms with Gasteiger partial charge in [-0.2, -0.15) is 0 Å². The Morgan fingerprint density at radius 3 is 2.67 bits per heavy atom. The van der Waals surface area contributed by atoms with E-state index in [9.17, 15) is 10.1 Å². The predicted molar refractivity (Wildman–Crippen MR) is 96.0 cm³/mol. The smallest absolute Gasteiger partial charge is 0.274 e. The molecule has 1 unspecified atom stereocenters. The topological polar surface area (TPSA) is 99.8 Å². The average Bonchev–Trinajstić information content (AvgIpc) is 2.57. The fraction of sp³-hybridized carbons (Fsp3) is 0.588. The fourth-order valence-electron chi connectivity index (χ4n) is 2.51. The molecule has 0 saturated carbocycles. The lowest BCUT2D eigenvalue weighted by atomic mass is 10.0. The highest BCUT2D eigenvalue weighted by molar-refractivity contribution is 5.79. The summed E-state index contributed by atoms with van der Waals surface area (Å²) < 4.78 is 0. The Bertz CT molecular complexity index is 528. The number of hydrogen-bond acceptors (Lipinski definition) is 4. The van der Waals surface area contributed by atoms with Crippen molar-refractivity contribution in [2.75, 3.05) is 19.7 Å². The molecule has 7 heteroatoms. The van der Waals surface area contributed by atoms with Crippen LogP contribution < -0.4 is 10.6 Å². The van der Waals surface area contributed by atoms with E-state index in [1.807, 2.05) is 6.92 Å². The van der Waals surface area contributed by atoms with Gasteiger partial charge in [-0.05, 0) is 25.7 Å². The normalized spacial score (nSPS) is 12.7. The zero-order chi connectivity index (χ0) is 17.8. The predicted octanol–water partition coefficient (Wildman–Crippen LogP) is 2.45. The Kier molecular flexibility index (Phi) is 9.45. The van der Waals surface area contributed by atoms with Gasteiger partial charge < -0.3 is 15.7 Å². The SMILES string of the molecule is CCCC(CCO)CNC(=NCc1ccccc1[N+](=O)[O-])NCC. The summed E-state index contributed by atoms with van der Waals surface area (Å²) in [7, 11) is 0. The molecule has 1 atom stereocenters. The first-order valence-corrected chi connectivity index (χ1v) is 8.47. The van der Waals surface area contributed by atoms with Crippen LogP contribution in [0.1, 0.15) is 38.7 Å². The quantitative estimate of drug-likeness (QED) is 0.264. The molecule has 0 spiro atoms. The lowest BCUT2D eigenvalue weighted by Gasteiger charge is -2.18. The van der Waals surface area contributed by atoms with Gasteiger partial charge in [0.25, 0.3) is 5.69 Å². The van der Waals surface area contributed by atoms with Crippen LogP contribution in [-0.4, -0.2) is 35.7 Å². The minimum Gasteiger partial charge on any atom is -0.396 e. The highest BCUT2D eigenvalue weighted by Gasteiger charge is 2.12. The van der Waals surface area contributed by atoms with E-state index in [4.69, 9.17) is 5.11 Å². The second-order valence-corrected chi connectivity index (χ2v) is 5.63. The van der Waals surface area contributed by atoms with Crippen molar-refractivity contribution in [2.45, 2.75) is 39.7 Å². The van der Waals surface area contributed by atoms with Gasteiger partial charge >= 0.3 is 0 Å². The lowest BCUT2D eigenvalue weighted by Crippen LogP contribution is -2.40. The van der Waals surface area contributed by atoms with Gasteiger partial charge in [0, 0.05) is 25.8 Å². The third-order valence-corrected chi connectivity index (χ3v) is 3.73. The number of benzene rings is 1. The van der Waals surface area contributed by atoms with Crippen LogP contribution in [0.4, 0.5) is 5.69 Å². The van der Waals surface area contributed by atoms with Crippen LogP contribution in [0.25, 0.3) is 0 Å². The molecule has 1 aromatic carbocycles. The summed E-state index contributed by atoms with van der Waals surface area (Å²) in [5, 5.41) is 26.6. The first kappa shape index (κ1) is 19.9. The first-order chi connectivity index (χ1) is 11.6. The maximum atomic E-state index is 11.1. The number of nitrogens with zero attached hydrogens (tertiary/aromatic N) is 2. The van der Waals surface area contributed by atoms with Gasteiger partial charge in [0.15, 0.2) is 5.96 Å². The summed E-state index contributed by atoms with van der Waals surface area (Å²) in [5.41, 5.74) is 0.668. The van der Waals surface area contributed by atoms with Crippen LogP contribution in [-0.2, 0) is 6.54 Å². The first-order valence-electron chi connectivity index (χ1n) is 8.47. The van der Waals surface area contributed by atoms with E-state index in [2.05, 4.69) is 22.5 Å². The minimum absolute atomic E-state index is 0.0845. The van der Waals surface area contributed by atoms with Crippen molar-refractivity contribution >= 4 is 11.6 Å².